The van der Waals surface area contributed by atoms with Crippen LogP contribution in [-0.4, -0.2) is 24.4 Å². The van der Waals surface area contributed by atoms with Crippen LogP contribution >= 0.6 is 0 Å². The summed E-state index contributed by atoms with van der Waals surface area (Å²) in [7, 11) is 1.85. The van der Waals surface area contributed by atoms with Gasteiger partial charge in [0.15, 0.2) is 0 Å². The summed E-state index contributed by atoms with van der Waals surface area (Å²) in [6.07, 6.45) is 9.31. The molecule has 1 amide bonds. The molecule has 0 rings (SSSR count). The van der Waals surface area contributed by atoms with Gasteiger partial charge in [-0.15, -0.1) is 0 Å². The van der Waals surface area contributed by atoms with E-state index in [2.05, 4.69) is 20.4 Å². The second-order valence-corrected chi connectivity index (χ2v) is 4.39. The molecule has 0 saturated carbocycles. The SMILES string of the molecule is C=C/C=C(\C=C/C)C(=O)N(C)CCC(C)CC. The third kappa shape index (κ3) is 6.10. The maximum absolute atomic E-state index is 12.1. The molecule has 2 heteroatoms. The molecule has 0 heterocycles. The van der Waals surface area contributed by atoms with E-state index in [1.54, 1.807) is 17.1 Å². The summed E-state index contributed by atoms with van der Waals surface area (Å²) in [5.74, 6) is 0.727. The molecule has 2 nitrogen and oxygen atoms in total. The van der Waals surface area contributed by atoms with Crippen LogP contribution in [0.4, 0.5) is 0 Å². The molecule has 0 aliphatic heterocycles. The Morgan fingerprint density at radius 2 is 2.12 bits per heavy atom. The van der Waals surface area contributed by atoms with Crippen LogP contribution in [0.25, 0.3) is 0 Å². The molecule has 0 bridgehead atoms. The molecule has 1 atom stereocenters. The number of hydrogen-bond acceptors (Lipinski definition) is 1. The van der Waals surface area contributed by atoms with Crippen molar-refractivity contribution in [1.29, 1.82) is 0 Å². The van der Waals surface area contributed by atoms with Gasteiger partial charge in [0.2, 0.25) is 0 Å². The van der Waals surface area contributed by atoms with Crippen LogP contribution in [0.3, 0.4) is 0 Å². The lowest BCUT2D eigenvalue weighted by atomic mass is 10.0. The molecule has 0 aromatic heterocycles. The van der Waals surface area contributed by atoms with Crippen LogP contribution in [0, 0.1) is 5.92 Å². The summed E-state index contributed by atoms with van der Waals surface area (Å²) in [5, 5.41) is 0. The first-order valence-electron chi connectivity index (χ1n) is 6.27. The first-order chi connectivity index (χ1) is 8.06. The zero-order chi connectivity index (χ0) is 13.3. The standard InChI is InChI=1S/C15H25NO/c1-6-9-14(10-7-2)15(17)16(5)12-11-13(4)8-3/h6-7,9-10,13H,1,8,11-12H2,2-5H3/b10-7-,14-9+. The van der Waals surface area contributed by atoms with Gasteiger partial charge in [0.05, 0.1) is 0 Å². The normalized spacial score (nSPS) is 13.8. The van der Waals surface area contributed by atoms with Crippen LogP contribution in [0.1, 0.15) is 33.6 Å². The van der Waals surface area contributed by atoms with Gasteiger partial charge in [-0.2, -0.15) is 0 Å². The van der Waals surface area contributed by atoms with E-state index in [0.717, 1.165) is 19.4 Å². The van der Waals surface area contributed by atoms with Crippen molar-refractivity contribution in [1.82, 2.24) is 4.90 Å². The van der Waals surface area contributed by atoms with Crippen molar-refractivity contribution in [3.05, 3.63) is 36.5 Å². The van der Waals surface area contributed by atoms with E-state index in [-0.39, 0.29) is 5.91 Å². The highest BCUT2D eigenvalue weighted by Crippen LogP contribution is 2.09. The van der Waals surface area contributed by atoms with Crippen molar-refractivity contribution in [2.24, 2.45) is 5.92 Å². The summed E-state index contributed by atoms with van der Waals surface area (Å²) in [5.41, 5.74) is 0.689. The van der Waals surface area contributed by atoms with E-state index in [1.807, 2.05) is 26.1 Å². The van der Waals surface area contributed by atoms with E-state index in [9.17, 15) is 4.79 Å². The van der Waals surface area contributed by atoms with Crippen molar-refractivity contribution in [2.75, 3.05) is 13.6 Å². The molecule has 96 valence electrons. The van der Waals surface area contributed by atoms with Gasteiger partial charge in [-0.05, 0) is 19.3 Å². The summed E-state index contributed by atoms with van der Waals surface area (Å²) in [6.45, 7) is 10.7. The molecule has 0 aliphatic carbocycles. The van der Waals surface area contributed by atoms with E-state index < -0.39 is 0 Å². The number of allylic oxidation sites excluding steroid dienone is 3. The molecule has 0 saturated heterocycles. The Bertz CT molecular complexity index is 302. The highest BCUT2D eigenvalue weighted by atomic mass is 16.2. The molecule has 0 aromatic rings. The van der Waals surface area contributed by atoms with E-state index in [4.69, 9.17) is 0 Å². The minimum absolute atomic E-state index is 0.0614. The number of rotatable bonds is 7. The Labute approximate surface area is 106 Å². The van der Waals surface area contributed by atoms with Crippen molar-refractivity contribution < 1.29 is 4.79 Å². The summed E-state index contributed by atoms with van der Waals surface area (Å²) in [6, 6.07) is 0. The molecule has 0 fully saturated rings. The lowest BCUT2D eigenvalue weighted by Crippen LogP contribution is -2.29. The van der Waals surface area contributed by atoms with Crippen molar-refractivity contribution >= 4 is 5.91 Å². The fourth-order valence-corrected chi connectivity index (χ4v) is 1.44. The topological polar surface area (TPSA) is 20.3 Å². The second kappa shape index (κ2) is 8.80. The number of carbonyl (C=O) groups excluding carboxylic acids is 1. The summed E-state index contributed by atoms with van der Waals surface area (Å²) in [4.78, 5) is 13.9. The van der Waals surface area contributed by atoms with Crippen molar-refractivity contribution in [2.45, 2.75) is 33.6 Å². The molecule has 0 aliphatic rings. The number of likely N-dealkylation sites (N-methyl/N-ethyl adjacent to an activating group) is 1. The van der Waals surface area contributed by atoms with Crippen LogP contribution in [-0.2, 0) is 4.79 Å². The molecule has 0 N–H and O–H groups in total. The first-order valence-corrected chi connectivity index (χ1v) is 6.27. The molecule has 1 unspecified atom stereocenters. The van der Waals surface area contributed by atoms with E-state index in [1.165, 1.54) is 0 Å². The molecular weight excluding hydrogens is 210 g/mol. The predicted molar refractivity (Wildman–Crippen MR) is 74.8 cm³/mol. The monoisotopic (exact) mass is 235 g/mol. The average molecular weight is 235 g/mol. The van der Waals surface area contributed by atoms with Gasteiger partial charge in [-0.25, -0.2) is 0 Å². The number of nitrogens with zero attached hydrogens (tertiary/aromatic N) is 1. The third-order valence-electron chi connectivity index (χ3n) is 2.89. The lowest BCUT2D eigenvalue weighted by molar-refractivity contribution is -0.125. The number of amides is 1. The second-order valence-electron chi connectivity index (χ2n) is 4.39. The van der Waals surface area contributed by atoms with Crippen LogP contribution in [0.5, 0.6) is 0 Å². The van der Waals surface area contributed by atoms with Gasteiger partial charge in [-0.1, -0.05) is 51.2 Å². The summed E-state index contributed by atoms with van der Waals surface area (Å²) < 4.78 is 0. The first kappa shape index (κ1) is 15.7. The predicted octanol–water partition coefficient (Wildman–Crippen LogP) is 3.57. The van der Waals surface area contributed by atoms with Gasteiger partial charge in [0.25, 0.3) is 5.91 Å². The Kier molecular flexibility index (Phi) is 8.12. The van der Waals surface area contributed by atoms with Crippen molar-refractivity contribution in [3.63, 3.8) is 0 Å². The molecule has 0 aromatic carbocycles. The van der Waals surface area contributed by atoms with E-state index >= 15 is 0 Å². The number of carbonyl (C=O) groups is 1. The molecular formula is C15H25NO. The molecule has 0 radical (unpaired) electrons. The Morgan fingerprint density at radius 3 is 2.59 bits per heavy atom. The maximum Gasteiger partial charge on any atom is 0.253 e. The highest BCUT2D eigenvalue weighted by Gasteiger charge is 2.12. The largest absolute Gasteiger partial charge is 0.342 e. The lowest BCUT2D eigenvalue weighted by Gasteiger charge is -2.19. The van der Waals surface area contributed by atoms with Crippen LogP contribution < -0.4 is 0 Å². The molecule has 0 spiro atoms. The van der Waals surface area contributed by atoms with E-state index in [0.29, 0.717) is 11.5 Å². The summed E-state index contributed by atoms with van der Waals surface area (Å²) >= 11 is 0. The smallest absolute Gasteiger partial charge is 0.253 e. The zero-order valence-corrected chi connectivity index (χ0v) is 11.6. The fraction of sp³-hybridized carbons (Fsp3) is 0.533. The van der Waals surface area contributed by atoms with Gasteiger partial charge in [0.1, 0.15) is 0 Å². The van der Waals surface area contributed by atoms with Crippen LogP contribution in [0.2, 0.25) is 0 Å². The Hall–Kier alpha value is -1.31. The zero-order valence-electron chi connectivity index (χ0n) is 11.6. The molecule has 17 heavy (non-hydrogen) atoms. The quantitative estimate of drug-likeness (QED) is 0.488. The average Bonchev–Trinajstić information content (AvgIpc) is 2.34. The maximum atomic E-state index is 12.1. The Balaban J connectivity index is 4.46. The third-order valence-corrected chi connectivity index (χ3v) is 2.89. The van der Waals surface area contributed by atoms with Gasteiger partial charge < -0.3 is 4.90 Å². The fourth-order valence-electron chi connectivity index (χ4n) is 1.44. The van der Waals surface area contributed by atoms with Gasteiger partial charge in [-0.3, -0.25) is 4.79 Å². The van der Waals surface area contributed by atoms with Gasteiger partial charge in [0, 0.05) is 19.2 Å². The van der Waals surface area contributed by atoms with Crippen LogP contribution in [0.15, 0.2) is 36.5 Å². The highest BCUT2D eigenvalue weighted by molar-refractivity contribution is 5.96. The minimum Gasteiger partial charge on any atom is -0.342 e. The van der Waals surface area contributed by atoms with Crippen molar-refractivity contribution in [3.8, 4) is 0 Å². The number of hydrogen-bond donors (Lipinski definition) is 0. The van der Waals surface area contributed by atoms with Gasteiger partial charge >= 0.3 is 0 Å². The minimum atomic E-state index is 0.0614. The Morgan fingerprint density at radius 1 is 1.47 bits per heavy atom.